The molecule has 3 N–H and O–H groups in total. The predicted octanol–water partition coefficient (Wildman–Crippen LogP) is 1.10. The Morgan fingerprint density at radius 1 is 1.43 bits per heavy atom. The molecule has 1 aliphatic heterocycles. The van der Waals surface area contributed by atoms with Gasteiger partial charge in [-0.05, 0) is 37.0 Å². The third-order valence-corrected chi connectivity index (χ3v) is 4.33. The zero-order valence-electron chi connectivity index (χ0n) is 13.0. The molecule has 1 aliphatic rings. The van der Waals surface area contributed by atoms with Gasteiger partial charge >= 0.3 is 0 Å². The van der Waals surface area contributed by atoms with Crippen LogP contribution in [-0.4, -0.2) is 27.2 Å². The van der Waals surface area contributed by atoms with Crippen molar-refractivity contribution in [2.45, 2.75) is 32.4 Å². The fourth-order valence-electron chi connectivity index (χ4n) is 3.02. The van der Waals surface area contributed by atoms with Crippen LogP contribution in [0.3, 0.4) is 0 Å². The number of nitrogens with zero attached hydrogens (tertiary/aromatic N) is 3. The summed E-state index contributed by atoms with van der Waals surface area (Å²) in [6.07, 6.45) is 1.87. The lowest BCUT2D eigenvalue weighted by molar-refractivity contribution is -0.120. The zero-order valence-corrected chi connectivity index (χ0v) is 13.0. The average molecular weight is 317 g/mol. The molecule has 2 heterocycles. The first-order valence-corrected chi connectivity index (χ1v) is 7.71. The number of hydrogen-bond donors (Lipinski definition) is 2. The summed E-state index contributed by atoms with van der Waals surface area (Å²) < 4.78 is 15.1. The maximum absolute atomic E-state index is 13.0. The summed E-state index contributed by atoms with van der Waals surface area (Å²) in [5, 5.41) is 11.5. The first-order valence-electron chi connectivity index (χ1n) is 7.71. The van der Waals surface area contributed by atoms with Gasteiger partial charge in [0.25, 0.3) is 0 Å². The fraction of sp³-hybridized carbons (Fsp3) is 0.438. The molecule has 7 heteroatoms. The second kappa shape index (κ2) is 6.45. The van der Waals surface area contributed by atoms with Gasteiger partial charge in [0.2, 0.25) is 5.91 Å². The molecule has 0 bridgehead atoms. The number of hydrogen-bond acceptors (Lipinski definition) is 4. The molecule has 0 spiro atoms. The minimum atomic E-state index is -0.612. The van der Waals surface area contributed by atoms with Crippen molar-refractivity contribution in [3.8, 4) is 0 Å². The van der Waals surface area contributed by atoms with Gasteiger partial charge in [-0.2, -0.15) is 0 Å². The van der Waals surface area contributed by atoms with Crippen LogP contribution in [0.15, 0.2) is 24.3 Å². The summed E-state index contributed by atoms with van der Waals surface area (Å²) in [4.78, 5) is 11.7. The highest BCUT2D eigenvalue weighted by Gasteiger charge is 2.24. The Balaban J connectivity index is 1.65. The van der Waals surface area contributed by atoms with E-state index in [-0.39, 0.29) is 5.82 Å². The molecule has 0 saturated carbocycles. The standard InChI is InChI=1S/C16H20FN5O/c1-10-20-21-14-7-2-11(9-22(10)14)8-19-15(16(18)23)12-3-5-13(17)6-4-12/h3-6,11,15,19H,2,7-9H2,1H3,(H2,18,23)/t11-,15+/m1/s1. The zero-order chi connectivity index (χ0) is 16.4. The van der Waals surface area contributed by atoms with Crippen LogP contribution in [0.2, 0.25) is 0 Å². The van der Waals surface area contributed by atoms with Gasteiger partial charge in [0.1, 0.15) is 23.5 Å². The molecule has 122 valence electrons. The summed E-state index contributed by atoms with van der Waals surface area (Å²) in [5.41, 5.74) is 6.16. The van der Waals surface area contributed by atoms with Crippen molar-refractivity contribution in [1.29, 1.82) is 0 Å². The van der Waals surface area contributed by atoms with Gasteiger partial charge in [0, 0.05) is 19.5 Å². The number of halogens is 1. The number of aryl methyl sites for hydroxylation is 2. The lowest BCUT2D eigenvalue weighted by atomic mass is 9.98. The van der Waals surface area contributed by atoms with E-state index in [0.717, 1.165) is 31.0 Å². The number of amides is 1. The van der Waals surface area contributed by atoms with Crippen LogP contribution in [0.5, 0.6) is 0 Å². The van der Waals surface area contributed by atoms with Crippen LogP contribution in [0, 0.1) is 18.7 Å². The number of carbonyl (C=O) groups is 1. The van der Waals surface area contributed by atoms with Crippen molar-refractivity contribution < 1.29 is 9.18 Å². The number of primary amides is 1. The van der Waals surface area contributed by atoms with Crippen LogP contribution in [0.4, 0.5) is 4.39 Å². The van der Waals surface area contributed by atoms with Crippen molar-refractivity contribution in [3.63, 3.8) is 0 Å². The molecule has 0 aliphatic carbocycles. The maximum Gasteiger partial charge on any atom is 0.239 e. The molecular weight excluding hydrogens is 297 g/mol. The second-order valence-electron chi connectivity index (χ2n) is 5.97. The van der Waals surface area contributed by atoms with Gasteiger partial charge < -0.3 is 15.6 Å². The Morgan fingerprint density at radius 3 is 2.87 bits per heavy atom. The van der Waals surface area contributed by atoms with Gasteiger partial charge in [-0.1, -0.05) is 12.1 Å². The minimum Gasteiger partial charge on any atom is -0.368 e. The molecule has 2 aromatic rings. The lowest BCUT2D eigenvalue weighted by Crippen LogP contribution is -2.38. The molecule has 23 heavy (non-hydrogen) atoms. The molecule has 3 rings (SSSR count). The van der Waals surface area contributed by atoms with E-state index in [1.807, 2.05) is 6.92 Å². The molecule has 0 radical (unpaired) electrons. The number of benzene rings is 1. The highest BCUT2D eigenvalue weighted by Crippen LogP contribution is 2.21. The van der Waals surface area contributed by atoms with E-state index in [0.29, 0.717) is 18.0 Å². The Morgan fingerprint density at radius 2 is 2.17 bits per heavy atom. The van der Waals surface area contributed by atoms with Crippen molar-refractivity contribution >= 4 is 5.91 Å². The fourth-order valence-corrected chi connectivity index (χ4v) is 3.02. The van der Waals surface area contributed by atoms with Gasteiger partial charge in [0.05, 0.1) is 0 Å². The second-order valence-corrected chi connectivity index (χ2v) is 5.97. The summed E-state index contributed by atoms with van der Waals surface area (Å²) in [7, 11) is 0. The molecule has 6 nitrogen and oxygen atoms in total. The molecule has 0 fully saturated rings. The first-order chi connectivity index (χ1) is 11.0. The minimum absolute atomic E-state index is 0.333. The molecule has 2 atom stereocenters. The number of fused-ring (bicyclic) bond motifs is 1. The van der Waals surface area contributed by atoms with Gasteiger partial charge in [-0.15, -0.1) is 10.2 Å². The lowest BCUT2D eigenvalue weighted by Gasteiger charge is -2.26. The van der Waals surface area contributed by atoms with Crippen molar-refractivity contribution in [3.05, 3.63) is 47.3 Å². The highest BCUT2D eigenvalue weighted by molar-refractivity contribution is 5.81. The normalized spacial score (nSPS) is 18.4. The number of carbonyl (C=O) groups excluding carboxylic acids is 1. The smallest absolute Gasteiger partial charge is 0.239 e. The van der Waals surface area contributed by atoms with Crippen LogP contribution < -0.4 is 11.1 Å². The van der Waals surface area contributed by atoms with E-state index in [9.17, 15) is 9.18 Å². The van der Waals surface area contributed by atoms with Crippen LogP contribution in [-0.2, 0) is 17.8 Å². The number of aromatic nitrogens is 3. The largest absolute Gasteiger partial charge is 0.368 e. The SMILES string of the molecule is Cc1nnc2n1C[C@@H](CN[C@H](C(N)=O)c1ccc(F)cc1)CC2. The summed E-state index contributed by atoms with van der Waals surface area (Å²) in [6.45, 7) is 3.43. The first kappa shape index (κ1) is 15.6. The molecule has 1 aromatic heterocycles. The van der Waals surface area contributed by atoms with Gasteiger partial charge in [-0.25, -0.2) is 4.39 Å². The van der Waals surface area contributed by atoms with E-state index in [2.05, 4.69) is 20.1 Å². The van der Waals surface area contributed by atoms with Gasteiger partial charge in [0.15, 0.2) is 0 Å². The highest BCUT2D eigenvalue weighted by atomic mass is 19.1. The van der Waals surface area contributed by atoms with E-state index in [4.69, 9.17) is 5.73 Å². The van der Waals surface area contributed by atoms with E-state index >= 15 is 0 Å². The third kappa shape index (κ3) is 3.39. The number of nitrogens with two attached hydrogens (primary N) is 1. The number of rotatable bonds is 5. The third-order valence-electron chi connectivity index (χ3n) is 4.33. The summed E-state index contributed by atoms with van der Waals surface area (Å²) in [5.74, 6) is 1.51. The topological polar surface area (TPSA) is 85.8 Å². The Kier molecular flexibility index (Phi) is 4.38. The molecule has 1 amide bonds. The van der Waals surface area contributed by atoms with Crippen LogP contribution in [0.1, 0.15) is 29.7 Å². The quantitative estimate of drug-likeness (QED) is 0.865. The van der Waals surface area contributed by atoms with Gasteiger partial charge in [-0.3, -0.25) is 4.79 Å². The van der Waals surface area contributed by atoms with E-state index in [1.54, 1.807) is 12.1 Å². The van der Waals surface area contributed by atoms with Crippen LogP contribution in [0.25, 0.3) is 0 Å². The molecular formula is C16H20FN5O. The van der Waals surface area contributed by atoms with E-state index < -0.39 is 11.9 Å². The number of nitrogens with one attached hydrogen (secondary N) is 1. The van der Waals surface area contributed by atoms with Crippen molar-refractivity contribution in [2.24, 2.45) is 11.7 Å². The summed E-state index contributed by atoms with van der Waals surface area (Å²) >= 11 is 0. The van der Waals surface area contributed by atoms with Crippen molar-refractivity contribution in [2.75, 3.05) is 6.54 Å². The average Bonchev–Trinajstić information content (AvgIpc) is 2.90. The van der Waals surface area contributed by atoms with E-state index in [1.165, 1.54) is 12.1 Å². The monoisotopic (exact) mass is 317 g/mol. The maximum atomic E-state index is 13.0. The predicted molar refractivity (Wildman–Crippen MR) is 82.9 cm³/mol. The Labute approximate surface area is 133 Å². The summed E-state index contributed by atoms with van der Waals surface area (Å²) in [6, 6.07) is 5.22. The van der Waals surface area contributed by atoms with Crippen molar-refractivity contribution in [1.82, 2.24) is 20.1 Å². The Hall–Kier alpha value is -2.28. The molecule has 1 aromatic carbocycles. The molecule has 0 unspecified atom stereocenters. The molecule has 0 saturated heterocycles. The van der Waals surface area contributed by atoms with Crippen LogP contribution >= 0.6 is 0 Å². The Bertz CT molecular complexity index is 697.